The van der Waals surface area contributed by atoms with Crippen molar-refractivity contribution in [1.29, 1.82) is 10.5 Å². The van der Waals surface area contributed by atoms with Crippen molar-refractivity contribution in [2.45, 2.75) is 13.3 Å². The topological polar surface area (TPSA) is 73.6 Å². The zero-order valence-corrected chi connectivity index (χ0v) is 10.6. The van der Waals surface area contributed by atoms with Crippen LogP contribution in [0.15, 0.2) is 36.4 Å². The molecule has 92 valence electrons. The lowest BCUT2D eigenvalue weighted by atomic mass is 9.99. The van der Waals surface area contributed by atoms with E-state index in [4.69, 9.17) is 16.3 Å². The molecule has 0 radical (unpaired) electrons. The summed E-state index contributed by atoms with van der Waals surface area (Å²) in [5, 5.41) is 17.7. The quantitative estimate of drug-likeness (QED) is 0.829. The van der Waals surface area contributed by atoms with Gasteiger partial charge in [0.05, 0.1) is 17.2 Å². The third-order valence-corrected chi connectivity index (χ3v) is 3.06. The van der Waals surface area contributed by atoms with E-state index in [1.807, 2.05) is 43.3 Å². The molecule has 0 aliphatic rings. The van der Waals surface area contributed by atoms with Gasteiger partial charge in [-0.25, -0.2) is 0 Å². The van der Waals surface area contributed by atoms with Crippen LogP contribution in [0.25, 0.3) is 0 Å². The molecule has 2 aromatic rings. The molecule has 3 nitrogen and oxygen atoms in total. The molecule has 0 spiro atoms. The molecule has 19 heavy (non-hydrogen) atoms. The Morgan fingerprint density at radius 3 is 2.05 bits per heavy atom. The average molecular weight is 247 g/mol. The molecule has 0 fully saturated rings. The molecule has 0 heterocycles. The maximum absolute atomic E-state index is 8.90. The number of nitrogens with two attached hydrogens (primary N) is 1. The maximum Gasteiger partial charge on any atom is 0.101 e. The predicted octanol–water partition coefficient (Wildman–Crippen LogP) is 2.91. The van der Waals surface area contributed by atoms with Crippen molar-refractivity contribution in [3.05, 3.63) is 64.2 Å². The number of aryl methyl sites for hydroxylation is 1. The van der Waals surface area contributed by atoms with Crippen LogP contribution in [0.4, 0.5) is 5.69 Å². The lowest BCUT2D eigenvalue weighted by Crippen LogP contribution is -1.95. The molecular formula is C16H13N3. The Balaban J connectivity index is 2.27. The van der Waals surface area contributed by atoms with Crippen molar-refractivity contribution in [2.75, 3.05) is 5.73 Å². The van der Waals surface area contributed by atoms with E-state index in [0.29, 0.717) is 16.8 Å². The Morgan fingerprint density at radius 2 is 1.53 bits per heavy atom. The largest absolute Gasteiger partial charge is 0.398 e. The zero-order valence-electron chi connectivity index (χ0n) is 10.6. The van der Waals surface area contributed by atoms with Crippen LogP contribution >= 0.6 is 0 Å². The fraction of sp³-hybridized carbons (Fsp3) is 0.125. The first-order chi connectivity index (χ1) is 9.13. The summed E-state index contributed by atoms with van der Waals surface area (Å²) in [6.45, 7) is 1.93. The molecular weight excluding hydrogens is 234 g/mol. The van der Waals surface area contributed by atoms with Crippen LogP contribution in [-0.4, -0.2) is 0 Å². The molecule has 0 aromatic heterocycles. The molecule has 0 unspecified atom stereocenters. The van der Waals surface area contributed by atoms with Gasteiger partial charge >= 0.3 is 0 Å². The highest BCUT2D eigenvalue weighted by Crippen LogP contribution is 2.18. The van der Waals surface area contributed by atoms with Crippen LogP contribution in [0, 0.1) is 29.6 Å². The van der Waals surface area contributed by atoms with Crippen molar-refractivity contribution in [2.24, 2.45) is 0 Å². The third kappa shape index (κ3) is 2.73. The van der Waals surface area contributed by atoms with Gasteiger partial charge < -0.3 is 5.73 Å². The SMILES string of the molecule is Cc1cc(Cc2ccc(C#N)c(N)c2)ccc1C#N. The Hall–Kier alpha value is -2.78. The number of nitrogen functional groups attached to an aromatic ring is 1. The molecule has 2 aromatic carbocycles. The van der Waals surface area contributed by atoms with Crippen LogP contribution in [0.3, 0.4) is 0 Å². The van der Waals surface area contributed by atoms with Crippen molar-refractivity contribution in [1.82, 2.24) is 0 Å². The standard InChI is InChI=1S/C16H13N3/c1-11-6-12(2-4-14(11)9-17)7-13-3-5-15(10-18)16(19)8-13/h2-6,8H,7,19H2,1H3. The number of hydrogen-bond acceptors (Lipinski definition) is 3. The fourth-order valence-corrected chi connectivity index (χ4v) is 2.02. The van der Waals surface area contributed by atoms with E-state index in [9.17, 15) is 0 Å². The Morgan fingerprint density at radius 1 is 0.947 bits per heavy atom. The van der Waals surface area contributed by atoms with E-state index in [-0.39, 0.29) is 0 Å². The van der Waals surface area contributed by atoms with Gasteiger partial charge in [-0.15, -0.1) is 0 Å². The minimum atomic E-state index is 0.500. The lowest BCUT2D eigenvalue weighted by Gasteiger charge is -2.06. The van der Waals surface area contributed by atoms with Crippen LogP contribution in [0.2, 0.25) is 0 Å². The summed E-state index contributed by atoms with van der Waals surface area (Å²) in [5.41, 5.74) is 10.7. The second-order valence-corrected chi connectivity index (χ2v) is 4.47. The minimum Gasteiger partial charge on any atom is -0.398 e. The number of nitrogens with zero attached hydrogens (tertiary/aromatic N) is 2. The Kier molecular flexibility index (Phi) is 3.50. The summed E-state index contributed by atoms with van der Waals surface area (Å²) >= 11 is 0. The number of rotatable bonds is 2. The average Bonchev–Trinajstić information content (AvgIpc) is 2.39. The number of nitriles is 2. The molecule has 0 bridgehead atoms. The summed E-state index contributed by atoms with van der Waals surface area (Å²) in [7, 11) is 0. The molecule has 3 heteroatoms. The van der Waals surface area contributed by atoms with E-state index in [1.165, 1.54) is 0 Å². The summed E-state index contributed by atoms with van der Waals surface area (Å²) < 4.78 is 0. The fourth-order valence-electron chi connectivity index (χ4n) is 2.02. The van der Waals surface area contributed by atoms with E-state index in [1.54, 1.807) is 6.07 Å². The summed E-state index contributed by atoms with van der Waals surface area (Å²) in [6.07, 6.45) is 0.739. The predicted molar refractivity (Wildman–Crippen MR) is 74.3 cm³/mol. The molecule has 0 aliphatic heterocycles. The van der Waals surface area contributed by atoms with Gasteiger partial charge in [0.2, 0.25) is 0 Å². The van der Waals surface area contributed by atoms with Crippen molar-refractivity contribution in [3.8, 4) is 12.1 Å². The number of benzene rings is 2. The Labute approximate surface area is 112 Å². The van der Waals surface area contributed by atoms with Gasteiger partial charge in [0.1, 0.15) is 6.07 Å². The normalized spacial score (nSPS) is 9.63. The second-order valence-electron chi connectivity index (χ2n) is 4.47. The van der Waals surface area contributed by atoms with Crippen LogP contribution in [0.5, 0.6) is 0 Å². The van der Waals surface area contributed by atoms with E-state index < -0.39 is 0 Å². The van der Waals surface area contributed by atoms with Crippen LogP contribution in [-0.2, 0) is 6.42 Å². The van der Waals surface area contributed by atoms with Crippen molar-refractivity contribution in [3.63, 3.8) is 0 Å². The van der Waals surface area contributed by atoms with Gasteiger partial charge in [0, 0.05) is 5.69 Å². The van der Waals surface area contributed by atoms with Crippen molar-refractivity contribution >= 4 is 5.69 Å². The first-order valence-electron chi connectivity index (χ1n) is 5.92. The second kappa shape index (κ2) is 5.25. The van der Waals surface area contributed by atoms with Gasteiger partial charge in [-0.3, -0.25) is 0 Å². The molecule has 0 aliphatic carbocycles. The molecule has 0 saturated carbocycles. The van der Waals surface area contributed by atoms with Gasteiger partial charge in [-0.2, -0.15) is 10.5 Å². The highest BCUT2D eigenvalue weighted by molar-refractivity contribution is 5.56. The molecule has 2 rings (SSSR count). The Bertz CT molecular complexity index is 641. The maximum atomic E-state index is 8.90. The first-order valence-corrected chi connectivity index (χ1v) is 5.92. The first kappa shape index (κ1) is 12.7. The summed E-state index contributed by atoms with van der Waals surface area (Å²) in [4.78, 5) is 0. The lowest BCUT2D eigenvalue weighted by molar-refractivity contribution is 1.18. The molecule has 0 saturated heterocycles. The molecule has 2 N–H and O–H groups in total. The van der Waals surface area contributed by atoms with Gasteiger partial charge in [-0.1, -0.05) is 18.2 Å². The van der Waals surface area contributed by atoms with E-state index in [0.717, 1.165) is 23.1 Å². The van der Waals surface area contributed by atoms with Gasteiger partial charge in [0.15, 0.2) is 0 Å². The zero-order chi connectivity index (χ0) is 13.8. The summed E-state index contributed by atoms with van der Waals surface area (Å²) in [5.74, 6) is 0. The molecule has 0 amide bonds. The van der Waals surface area contributed by atoms with E-state index in [2.05, 4.69) is 6.07 Å². The van der Waals surface area contributed by atoms with Crippen molar-refractivity contribution < 1.29 is 0 Å². The van der Waals surface area contributed by atoms with Crippen LogP contribution < -0.4 is 5.73 Å². The number of hydrogen-bond donors (Lipinski definition) is 1. The highest BCUT2D eigenvalue weighted by Gasteiger charge is 2.03. The summed E-state index contributed by atoms with van der Waals surface area (Å²) in [6, 6.07) is 15.5. The van der Waals surface area contributed by atoms with Gasteiger partial charge in [-0.05, 0) is 48.2 Å². The van der Waals surface area contributed by atoms with E-state index >= 15 is 0 Å². The number of anilines is 1. The van der Waals surface area contributed by atoms with Crippen LogP contribution in [0.1, 0.15) is 27.8 Å². The minimum absolute atomic E-state index is 0.500. The monoisotopic (exact) mass is 247 g/mol. The highest BCUT2D eigenvalue weighted by atomic mass is 14.6. The van der Waals surface area contributed by atoms with Gasteiger partial charge in [0.25, 0.3) is 0 Å². The molecule has 0 atom stereocenters. The third-order valence-electron chi connectivity index (χ3n) is 3.06. The smallest absolute Gasteiger partial charge is 0.101 e.